The zero-order valence-electron chi connectivity index (χ0n) is 10.7. The lowest BCUT2D eigenvalue weighted by Gasteiger charge is -1.98. The second kappa shape index (κ2) is 8.90. The van der Waals surface area contributed by atoms with Crippen molar-refractivity contribution in [2.45, 2.75) is 34.1 Å². The monoisotopic (exact) mass is 218 g/mol. The fourth-order valence-corrected chi connectivity index (χ4v) is 1.02. The molecular weight excluding hydrogens is 196 g/mol. The van der Waals surface area contributed by atoms with Gasteiger partial charge in [0.25, 0.3) is 0 Å². The van der Waals surface area contributed by atoms with E-state index in [-0.39, 0.29) is 0 Å². The molecule has 0 saturated heterocycles. The van der Waals surface area contributed by atoms with Crippen LogP contribution in [0.3, 0.4) is 0 Å². The molecule has 0 amide bonds. The summed E-state index contributed by atoms with van der Waals surface area (Å²) in [6.45, 7) is 8.36. The maximum absolute atomic E-state index is 10.2. The Balaban J connectivity index is 4.29. The first-order chi connectivity index (χ1) is 7.60. The Morgan fingerprint density at radius 2 is 1.75 bits per heavy atom. The standard InChI is InChI=1S/C15H22O/c1-5-13(2)9-10-14(3)7-6-8-15(4)11-12-16/h6-13H,5H2,1-4H3. The van der Waals surface area contributed by atoms with Crippen LogP contribution >= 0.6 is 0 Å². The zero-order valence-corrected chi connectivity index (χ0v) is 10.7. The highest BCUT2D eigenvalue weighted by Crippen LogP contribution is 2.05. The van der Waals surface area contributed by atoms with Crippen LogP contribution in [0.15, 0.2) is 47.6 Å². The average Bonchev–Trinajstić information content (AvgIpc) is 2.26. The number of carbonyl (C=O) groups is 1. The van der Waals surface area contributed by atoms with Crippen molar-refractivity contribution in [3.8, 4) is 0 Å². The summed E-state index contributed by atoms with van der Waals surface area (Å²) in [6.07, 6.45) is 13.8. The summed E-state index contributed by atoms with van der Waals surface area (Å²) in [5.74, 6) is 0.629. The van der Waals surface area contributed by atoms with Gasteiger partial charge in [-0.15, -0.1) is 0 Å². The van der Waals surface area contributed by atoms with E-state index in [1.807, 2.05) is 25.2 Å². The van der Waals surface area contributed by atoms with Gasteiger partial charge in [-0.3, -0.25) is 4.79 Å². The summed E-state index contributed by atoms with van der Waals surface area (Å²) >= 11 is 0. The molecule has 0 aliphatic carbocycles. The van der Waals surface area contributed by atoms with E-state index in [2.05, 4.69) is 32.9 Å². The molecule has 0 heterocycles. The zero-order chi connectivity index (χ0) is 12.4. The minimum atomic E-state index is 0.629. The Hall–Kier alpha value is -1.37. The Labute approximate surface area is 99.3 Å². The first-order valence-electron chi connectivity index (χ1n) is 5.75. The molecule has 0 aromatic carbocycles. The first kappa shape index (κ1) is 14.6. The van der Waals surface area contributed by atoms with Gasteiger partial charge in [-0.25, -0.2) is 0 Å². The van der Waals surface area contributed by atoms with Crippen molar-refractivity contribution in [2.24, 2.45) is 5.92 Å². The lowest BCUT2D eigenvalue weighted by molar-refractivity contribution is -0.104. The van der Waals surface area contributed by atoms with E-state index in [0.717, 1.165) is 11.9 Å². The second-order valence-corrected chi connectivity index (χ2v) is 4.06. The minimum absolute atomic E-state index is 0.629. The molecule has 1 unspecified atom stereocenters. The predicted molar refractivity (Wildman–Crippen MR) is 71.3 cm³/mol. The summed E-state index contributed by atoms with van der Waals surface area (Å²) in [5, 5.41) is 0. The van der Waals surface area contributed by atoms with E-state index in [0.29, 0.717) is 5.92 Å². The lowest BCUT2D eigenvalue weighted by Crippen LogP contribution is -1.83. The number of hydrogen-bond donors (Lipinski definition) is 0. The fourth-order valence-electron chi connectivity index (χ4n) is 1.02. The smallest absolute Gasteiger partial charge is 0.143 e. The van der Waals surface area contributed by atoms with E-state index in [9.17, 15) is 4.79 Å². The van der Waals surface area contributed by atoms with Gasteiger partial charge < -0.3 is 0 Å². The van der Waals surface area contributed by atoms with E-state index in [1.54, 1.807) is 6.08 Å². The molecule has 0 aromatic rings. The Morgan fingerprint density at radius 3 is 2.31 bits per heavy atom. The summed E-state index contributed by atoms with van der Waals surface area (Å²) in [5.41, 5.74) is 2.18. The van der Waals surface area contributed by atoms with Crippen LogP contribution in [0.4, 0.5) is 0 Å². The average molecular weight is 218 g/mol. The van der Waals surface area contributed by atoms with Crippen molar-refractivity contribution in [1.29, 1.82) is 0 Å². The number of rotatable bonds is 6. The molecule has 88 valence electrons. The van der Waals surface area contributed by atoms with Crippen LogP contribution in [0.5, 0.6) is 0 Å². The van der Waals surface area contributed by atoms with Crippen LogP contribution in [0, 0.1) is 5.92 Å². The van der Waals surface area contributed by atoms with Crippen LogP contribution in [0.1, 0.15) is 34.1 Å². The molecule has 0 fully saturated rings. The predicted octanol–water partition coefficient (Wildman–Crippen LogP) is 4.24. The quantitative estimate of drug-likeness (QED) is 0.370. The molecule has 1 heteroatoms. The van der Waals surface area contributed by atoms with Gasteiger partial charge in [0.05, 0.1) is 0 Å². The molecule has 0 aliphatic heterocycles. The molecule has 1 atom stereocenters. The first-order valence-corrected chi connectivity index (χ1v) is 5.75. The molecule has 0 N–H and O–H groups in total. The summed E-state index contributed by atoms with van der Waals surface area (Å²) in [6, 6.07) is 0. The largest absolute Gasteiger partial charge is 0.299 e. The van der Waals surface area contributed by atoms with Gasteiger partial charge in [0.2, 0.25) is 0 Å². The molecule has 0 rings (SSSR count). The van der Waals surface area contributed by atoms with Crippen molar-refractivity contribution in [3.05, 3.63) is 47.6 Å². The van der Waals surface area contributed by atoms with Crippen LogP contribution < -0.4 is 0 Å². The number of allylic oxidation sites excluding steroid dienone is 8. The normalized spacial score (nSPS) is 16.0. The van der Waals surface area contributed by atoms with Gasteiger partial charge in [-0.1, -0.05) is 56.2 Å². The molecule has 16 heavy (non-hydrogen) atoms. The molecule has 0 saturated carbocycles. The van der Waals surface area contributed by atoms with Gasteiger partial charge in [-0.05, 0) is 31.4 Å². The highest BCUT2D eigenvalue weighted by atomic mass is 16.1. The van der Waals surface area contributed by atoms with Crippen LogP contribution in [0.25, 0.3) is 0 Å². The van der Waals surface area contributed by atoms with Crippen molar-refractivity contribution < 1.29 is 4.79 Å². The van der Waals surface area contributed by atoms with Gasteiger partial charge in [0, 0.05) is 0 Å². The SMILES string of the molecule is CCC(C)C=CC(C)=CC=CC(C)=CC=O. The molecule has 0 spiro atoms. The Kier molecular flexibility index (Phi) is 8.14. The van der Waals surface area contributed by atoms with Crippen molar-refractivity contribution in [2.75, 3.05) is 0 Å². The fraction of sp³-hybridized carbons (Fsp3) is 0.400. The highest BCUT2D eigenvalue weighted by molar-refractivity contribution is 5.66. The van der Waals surface area contributed by atoms with Crippen LogP contribution in [-0.2, 0) is 4.79 Å². The Morgan fingerprint density at radius 1 is 1.12 bits per heavy atom. The van der Waals surface area contributed by atoms with Crippen LogP contribution in [-0.4, -0.2) is 6.29 Å². The third-order valence-corrected chi connectivity index (χ3v) is 2.38. The van der Waals surface area contributed by atoms with Crippen molar-refractivity contribution >= 4 is 6.29 Å². The van der Waals surface area contributed by atoms with Crippen molar-refractivity contribution in [3.63, 3.8) is 0 Å². The van der Waals surface area contributed by atoms with Crippen molar-refractivity contribution in [1.82, 2.24) is 0 Å². The number of hydrogen-bond acceptors (Lipinski definition) is 1. The summed E-state index contributed by atoms with van der Waals surface area (Å²) in [7, 11) is 0. The molecule has 0 bridgehead atoms. The van der Waals surface area contributed by atoms with E-state index in [4.69, 9.17) is 0 Å². The van der Waals surface area contributed by atoms with E-state index < -0.39 is 0 Å². The van der Waals surface area contributed by atoms with E-state index in [1.165, 1.54) is 12.0 Å². The highest BCUT2D eigenvalue weighted by Gasteiger charge is 1.89. The summed E-state index contributed by atoms with van der Waals surface area (Å²) in [4.78, 5) is 10.2. The molecular formula is C15H22O. The molecule has 0 radical (unpaired) electrons. The maximum Gasteiger partial charge on any atom is 0.143 e. The Bertz CT molecular complexity index is 316. The van der Waals surface area contributed by atoms with Gasteiger partial charge in [0.15, 0.2) is 0 Å². The molecule has 1 nitrogen and oxygen atoms in total. The minimum Gasteiger partial charge on any atom is -0.299 e. The number of carbonyl (C=O) groups excluding carboxylic acids is 1. The van der Waals surface area contributed by atoms with Gasteiger partial charge >= 0.3 is 0 Å². The third-order valence-electron chi connectivity index (χ3n) is 2.38. The lowest BCUT2D eigenvalue weighted by atomic mass is 10.1. The molecule has 0 aliphatic rings. The maximum atomic E-state index is 10.2. The summed E-state index contributed by atoms with van der Waals surface area (Å²) < 4.78 is 0. The number of aldehydes is 1. The van der Waals surface area contributed by atoms with Crippen LogP contribution in [0.2, 0.25) is 0 Å². The second-order valence-electron chi connectivity index (χ2n) is 4.06. The van der Waals surface area contributed by atoms with Gasteiger partial charge in [0.1, 0.15) is 6.29 Å². The molecule has 0 aromatic heterocycles. The third kappa shape index (κ3) is 7.98. The topological polar surface area (TPSA) is 17.1 Å². The van der Waals surface area contributed by atoms with E-state index >= 15 is 0 Å². The van der Waals surface area contributed by atoms with Gasteiger partial charge in [-0.2, -0.15) is 0 Å².